The van der Waals surface area contributed by atoms with E-state index in [1.54, 1.807) is 19.1 Å². The number of benzene rings is 1. The number of aromatic nitrogens is 3. The highest BCUT2D eigenvalue weighted by molar-refractivity contribution is 6.30. The van der Waals surface area contributed by atoms with E-state index in [1.165, 1.54) is 24.7 Å². The number of amides is 1. The lowest BCUT2D eigenvalue weighted by molar-refractivity contribution is -0.137. The Morgan fingerprint density at radius 2 is 1.87 bits per heavy atom. The molecule has 0 bridgehead atoms. The Labute approximate surface area is 181 Å². The average Bonchev–Trinajstić information content (AvgIpc) is 3.59. The van der Waals surface area contributed by atoms with E-state index >= 15 is 0 Å². The van der Waals surface area contributed by atoms with Gasteiger partial charge in [-0.15, -0.1) is 0 Å². The van der Waals surface area contributed by atoms with Crippen molar-refractivity contribution in [2.75, 3.05) is 0 Å². The first kappa shape index (κ1) is 21.2. The molecule has 0 aliphatic heterocycles. The van der Waals surface area contributed by atoms with Crippen LogP contribution in [0.15, 0.2) is 48.9 Å². The van der Waals surface area contributed by atoms with Crippen molar-refractivity contribution in [1.82, 2.24) is 20.3 Å². The molecule has 160 valence electrons. The molecule has 2 aromatic heterocycles. The van der Waals surface area contributed by atoms with Crippen LogP contribution in [0.1, 0.15) is 58.9 Å². The van der Waals surface area contributed by atoms with Gasteiger partial charge < -0.3 is 5.32 Å². The zero-order chi connectivity index (χ0) is 22.2. The summed E-state index contributed by atoms with van der Waals surface area (Å²) in [5, 5.41) is 3.20. The minimum atomic E-state index is -4.52. The van der Waals surface area contributed by atoms with E-state index in [-0.39, 0.29) is 11.5 Å². The van der Waals surface area contributed by atoms with Crippen LogP contribution >= 0.6 is 11.6 Å². The van der Waals surface area contributed by atoms with E-state index in [1.807, 2.05) is 0 Å². The Bertz CT molecular complexity index is 1110. The van der Waals surface area contributed by atoms with Gasteiger partial charge in [0.05, 0.1) is 28.0 Å². The van der Waals surface area contributed by atoms with Gasteiger partial charge in [0.2, 0.25) is 0 Å². The largest absolute Gasteiger partial charge is 0.416 e. The summed E-state index contributed by atoms with van der Waals surface area (Å²) < 4.78 is 40.0. The number of carbonyl (C=O) groups excluding carboxylic acids is 1. The van der Waals surface area contributed by atoms with Gasteiger partial charge in [0.25, 0.3) is 5.91 Å². The van der Waals surface area contributed by atoms with Crippen LogP contribution in [0.3, 0.4) is 0 Å². The summed E-state index contributed by atoms with van der Waals surface area (Å²) in [7, 11) is 0. The number of pyridine rings is 1. The molecule has 1 unspecified atom stereocenters. The highest BCUT2D eigenvalue weighted by atomic mass is 35.5. The Balaban J connectivity index is 1.61. The number of nitrogens with one attached hydrogen (secondary N) is 1. The predicted octanol–water partition coefficient (Wildman–Crippen LogP) is 5.58. The van der Waals surface area contributed by atoms with Crippen molar-refractivity contribution >= 4 is 17.5 Å². The van der Waals surface area contributed by atoms with Crippen LogP contribution in [-0.4, -0.2) is 20.9 Å². The third kappa shape index (κ3) is 4.85. The van der Waals surface area contributed by atoms with Crippen molar-refractivity contribution < 1.29 is 18.0 Å². The Hall–Kier alpha value is -3.00. The van der Waals surface area contributed by atoms with Crippen molar-refractivity contribution in [3.8, 4) is 11.4 Å². The average molecular weight is 447 g/mol. The van der Waals surface area contributed by atoms with Crippen LogP contribution in [0.4, 0.5) is 13.2 Å². The molecule has 3 aromatic rings. The van der Waals surface area contributed by atoms with Crippen LogP contribution in [0.5, 0.6) is 0 Å². The van der Waals surface area contributed by atoms with Crippen molar-refractivity contribution in [1.29, 1.82) is 0 Å². The highest BCUT2D eigenvalue weighted by Crippen LogP contribution is 2.42. The molecule has 1 atom stereocenters. The minimum absolute atomic E-state index is 0.0290. The van der Waals surface area contributed by atoms with Crippen LogP contribution < -0.4 is 5.32 Å². The van der Waals surface area contributed by atoms with E-state index in [4.69, 9.17) is 11.6 Å². The number of alkyl halides is 3. The third-order valence-corrected chi connectivity index (χ3v) is 5.27. The summed E-state index contributed by atoms with van der Waals surface area (Å²) in [5.41, 5.74) is 1.11. The standard InChI is InChI=1S/C22H18ClF3N4O/c1-12(19-20(28-7-6-27-19)18-5-4-17(23)11-29-18)30-21(31)15-8-14(13-2-3-13)9-16(10-15)22(24,25)26/h4-13H,2-3H2,1H3,(H,30,31). The summed E-state index contributed by atoms with van der Waals surface area (Å²) in [6, 6.07) is 6.27. The van der Waals surface area contributed by atoms with Crippen LogP contribution in [0.25, 0.3) is 11.4 Å². The second-order valence-electron chi connectivity index (χ2n) is 7.46. The molecule has 0 saturated heterocycles. The molecule has 9 heteroatoms. The summed E-state index contributed by atoms with van der Waals surface area (Å²) in [5.74, 6) is -0.532. The topological polar surface area (TPSA) is 67.8 Å². The zero-order valence-electron chi connectivity index (χ0n) is 16.4. The summed E-state index contributed by atoms with van der Waals surface area (Å²) >= 11 is 5.89. The number of nitrogens with zero attached hydrogens (tertiary/aromatic N) is 3. The third-order valence-electron chi connectivity index (χ3n) is 5.05. The molecule has 1 N–H and O–H groups in total. The first-order valence-electron chi connectivity index (χ1n) is 9.68. The van der Waals surface area contributed by atoms with Gasteiger partial charge in [-0.25, -0.2) is 0 Å². The van der Waals surface area contributed by atoms with Gasteiger partial charge in [0.15, 0.2) is 0 Å². The van der Waals surface area contributed by atoms with Crippen molar-refractivity contribution in [3.05, 3.63) is 76.3 Å². The second kappa shape index (κ2) is 8.26. The van der Waals surface area contributed by atoms with Gasteiger partial charge >= 0.3 is 6.18 Å². The molecule has 1 amide bonds. The fraction of sp³-hybridized carbons (Fsp3) is 0.273. The first-order chi connectivity index (χ1) is 14.7. The molecule has 31 heavy (non-hydrogen) atoms. The van der Waals surface area contributed by atoms with E-state index < -0.39 is 23.7 Å². The number of rotatable bonds is 5. The maximum atomic E-state index is 13.3. The van der Waals surface area contributed by atoms with Gasteiger partial charge in [-0.3, -0.25) is 19.7 Å². The number of hydrogen-bond donors (Lipinski definition) is 1. The van der Waals surface area contributed by atoms with Gasteiger partial charge in [0, 0.05) is 24.2 Å². The van der Waals surface area contributed by atoms with Crippen LogP contribution in [-0.2, 0) is 6.18 Å². The van der Waals surface area contributed by atoms with Gasteiger partial charge in [0.1, 0.15) is 5.69 Å². The highest BCUT2D eigenvalue weighted by Gasteiger charge is 2.34. The van der Waals surface area contributed by atoms with Crippen molar-refractivity contribution in [3.63, 3.8) is 0 Å². The van der Waals surface area contributed by atoms with Gasteiger partial charge in [-0.05, 0) is 61.6 Å². The first-order valence-corrected chi connectivity index (χ1v) is 10.1. The lowest BCUT2D eigenvalue weighted by Crippen LogP contribution is -2.28. The van der Waals surface area contributed by atoms with E-state index in [0.29, 0.717) is 27.7 Å². The zero-order valence-corrected chi connectivity index (χ0v) is 17.2. The Kier molecular flexibility index (Phi) is 5.66. The molecule has 0 spiro atoms. The monoisotopic (exact) mass is 446 g/mol. The molecule has 2 heterocycles. The van der Waals surface area contributed by atoms with Crippen LogP contribution in [0, 0.1) is 0 Å². The van der Waals surface area contributed by atoms with E-state index in [9.17, 15) is 18.0 Å². The van der Waals surface area contributed by atoms with E-state index in [0.717, 1.165) is 25.0 Å². The molecule has 0 radical (unpaired) electrons. The molecule has 1 aliphatic carbocycles. The molecule has 1 aromatic carbocycles. The maximum Gasteiger partial charge on any atom is 0.416 e. The van der Waals surface area contributed by atoms with Crippen LogP contribution in [0.2, 0.25) is 5.02 Å². The SMILES string of the molecule is CC(NC(=O)c1cc(C2CC2)cc(C(F)(F)F)c1)c1nccnc1-c1ccc(Cl)cn1. The lowest BCUT2D eigenvalue weighted by atomic mass is 10.0. The normalized spacial score (nSPS) is 14.9. The van der Waals surface area contributed by atoms with Gasteiger partial charge in [-0.1, -0.05) is 11.6 Å². The fourth-order valence-electron chi connectivity index (χ4n) is 3.33. The van der Waals surface area contributed by atoms with Crippen molar-refractivity contribution in [2.24, 2.45) is 0 Å². The predicted molar refractivity (Wildman–Crippen MR) is 110 cm³/mol. The smallest absolute Gasteiger partial charge is 0.344 e. The molecular formula is C22H18ClF3N4O. The minimum Gasteiger partial charge on any atom is -0.344 e. The van der Waals surface area contributed by atoms with Gasteiger partial charge in [-0.2, -0.15) is 13.2 Å². The van der Waals surface area contributed by atoms with E-state index in [2.05, 4.69) is 20.3 Å². The summed E-state index contributed by atoms with van der Waals surface area (Å²) in [6.07, 6.45) is 1.58. The number of carbonyl (C=O) groups is 1. The van der Waals surface area contributed by atoms with Crippen molar-refractivity contribution in [2.45, 2.75) is 37.9 Å². The second-order valence-corrected chi connectivity index (χ2v) is 7.90. The Morgan fingerprint density at radius 3 is 2.52 bits per heavy atom. The molecule has 5 nitrogen and oxygen atoms in total. The molecule has 1 fully saturated rings. The maximum absolute atomic E-state index is 13.3. The quantitative estimate of drug-likeness (QED) is 0.555. The molecule has 1 saturated carbocycles. The molecule has 4 rings (SSSR count). The number of hydrogen-bond acceptors (Lipinski definition) is 4. The summed E-state index contributed by atoms with van der Waals surface area (Å²) in [4.78, 5) is 25.7. The lowest BCUT2D eigenvalue weighted by Gasteiger charge is -2.17. The molecule has 1 aliphatic rings. The fourth-order valence-corrected chi connectivity index (χ4v) is 3.44. The summed E-state index contributed by atoms with van der Waals surface area (Å²) in [6.45, 7) is 1.69. The number of halogens is 4. The Morgan fingerprint density at radius 1 is 1.13 bits per heavy atom. The molecular weight excluding hydrogens is 429 g/mol.